The van der Waals surface area contributed by atoms with Gasteiger partial charge in [-0.2, -0.15) is 0 Å². The van der Waals surface area contributed by atoms with Gasteiger partial charge in [0.15, 0.2) is 0 Å². The number of benzene rings is 1. The predicted molar refractivity (Wildman–Crippen MR) is 74.8 cm³/mol. The molecule has 106 valence electrons. The summed E-state index contributed by atoms with van der Waals surface area (Å²) in [7, 11) is 3.66. The molecule has 0 radical (unpaired) electrons. The Kier molecular flexibility index (Phi) is 4.80. The maximum Gasteiger partial charge on any atom is 0.126 e. The van der Waals surface area contributed by atoms with Gasteiger partial charge >= 0.3 is 0 Å². The Balaban J connectivity index is 2.34. The topological polar surface area (TPSA) is 39.7 Å². The van der Waals surface area contributed by atoms with Crippen LogP contribution in [0, 0.1) is 13.8 Å². The maximum absolute atomic E-state index is 5.81. The number of methoxy groups -OCH3 is 1. The van der Waals surface area contributed by atoms with Crippen LogP contribution >= 0.6 is 0 Å². The highest BCUT2D eigenvalue weighted by Gasteiger charge is 2.28. The molecule has 1 heterocycles. The van der Waals surface area contributed by atoms with Crippen molar-refractivity contribution in [1.82, 2.24) is 5.32 Å². The molecule has 0 spiro atoms. The zero-order valence-electron chi connectivity index (χ0n) is 12.2. The van der Waals surface area contributed by atoms with E-state index < -0.39 is 0 Å². The molecule has 2 unspecified atom stereocenters. The summed E-state index contributed by atoms with van der Waals surface area (Å²) in [5.74, 6) is 0.938. The molecule has 1 N–H and O–H groups in total. The van der Waals surface area contributed by atoms with Gasteiger partial charge in [0.2, 0.25) is 0 Å². The van der Waals surface area contributed by atoms with Crippen LogP contribution in [0.25, 0.3) is 0 Å². The van der Waals surface area contributed by atoms with E-state index in [-0.39, 0.29) is 12.1 Å². The zero-order chi connectivity index (χ0) is 13.8. The minimum atomic E-state index is 0.0229. The van der Waals surface area contributed by atoms with Crippen molar-refractivity contribution in [2.45, 2.75) is 26.0 Å². The van der Waals surface area contributed by atoms with Crippen LogP contribution in [0.2, 0.25) is 0 Å². The van der Waals surface area contributed by atoms with Crippen LogP contribution in [0.4, 0.5) is 0 Å². The number of hydrogen-bond acceptors (Lipinski definition) is 4. The molecule has 4 heteroatoms. The van der Waals surface area contributed by atoms with E-state index in [9.17, 15) is 0 Å². The number of hydrogen-bond donors (Lipinski definition) is 1. The second-order valence-corrected chi connectivity index (χ2v) is 4.88. The van der Waals surface area contributed by atoms with Crippen LogP contribution in [-0.4, -0.2) is 40.1 Å². The van der Waals surface area contributed by atoms with Crippen molar-refractivity contribution in [2.24, 2.45) is 0 Å². The van der Waals surface area contributed by atoms with Crippen LogP contribution < -0.4 is 10.1 Å². The van der Waals surface area contributed by atoms with E-state index in [1.807, 2.05) is 7.05 Å². The molecular weight excluding hydrogens is 242 g/mol. The third-order valence-electron chi connectivity index (χ3n) is 3.77. The fourth-order valence-corrected chi connectivity index (χ4v) is 2.57. The van der Waals surface area contributed by atoms with E-state index in [4.69, 9.17) is 14.2 Å². The fourth-order valence-electron chi connectivity index (χ4n) is 2.57. The van der Waals surface area contributed by atoms with Crippen molar-refractivity contribution >= 4 is 0 Å². The number of likely N-dealkylation sites (N-methyl/N-ethyl adjacent to an activating group) is 1. The summed E-state index contributed by atoms with van der Waals surface area (Å²) in [5, 5.41) is 3.32. The molecule has 1 aromatic rings. The molecule has 0 aromatic heterocycles. The largest absolute Gasteiger partial charge is 0.496 e. The van der Waals surface area contributed by atoms with Crippen LogP contribution in [-0.2, 0) is 9.47 Å². The predicted octanol–water partition coefficient (Wildman–Crippen LogP) is 1.99. The van der Waals surface area contributed by atoms with Gasteiger partial charge in [-0.3, -0.25) is 0 Å². The molecule has 1 aromatic carbocycles. The molecule has 19 heavy (non-hydrogen) atoms. The van der Waals surface area contributed by atoms with Crippen LogP contribution in [0.15, 0.2) is 12.1 Å². The lowest BCUT2D eigenvalue weighted by Crippen LogP contribution is -2.39. The summed E-state index contributed by atoms with van der Waals surface area (Å²) >= 11 is 0. The lowest BCUT2D eigenvalue weighted by molar-refractivity contribution is -0.101. The average Bonchev–Trinajstić information content (AvgIpc) is 2.45. The number of rotatable bonds is 4. The quantitative estimate of drug-likeness (QED) is 0.903. The van der Waals surface area contributed by atoms with Crippen LogP contribution in [0.1, 0.15) is 22.7 Å². The number of nitrogens with one attached hydrogen (secondary N) is 1. The van der Waals surface area contributed by atoms with Gasteiger partial charge in [-0.1, -0.05) is 12.1 Å². The van der Waals surface area contributed by atoms with Gasteiger partial charge in [0.1, 0.15) is 11.9 Å². The van der Waals surface area contributed by atoms with E-state index in [0.717, 1.165) is 11.3 Å². The van der Waals surface area contributed by atoms with Gasteiger partial charge in [-0.15, -0.1) is 0 Å². The SMILES string of the molecule is CNC(c1ccc(C)c(C)c1OC)C1COCCO1. The summed E-state index contributed by atoms with van der Waals surface area (Å²) in [6.07, 6.45) is 0.0229. The summed E-state index contributed by atoms with van der Waals surface area (Å²) < 4.78 is 16.9. The Bertz CT molecular complexity index is 428. The van der Waals surface area contributed by atoms with Gasteiger partial charge in [-0.25, -0.2) is 0 Å². The fraction of sp³-hybridized carbons (Fsp3) is 0.600. The summed E-state index contributed by atoms with van der Waals surface area (Å²) in [6, 6.07) is 4.32. The smallest absolute Gasteiger partial charge is 0.126 e. The number of aryl methyl sites for hydroxylation is 1. The average molecular weight is 265 g/mol. The molecule has 1 fully saturated rings. The van der Waals surface area contributed by atoms with Crippen molar-refractivity contribution in [3.63, 3.8) is 0 Å². The molecule has 0 bridgehead atoms. The Hall–Kier alpha value is -1.10. The third kappa shape index (κ3) is 2.91. The van der Waals surface area contributed by atoms with Crippen molar-refractivity contribution in [3.8, 4) is 5.75 Å². The molecule has 1 aliphatic rings. The lowest BCUT2D eigenvalue weighted by Gasteiger charge is -2.31. The first-order valence-corrected chi connectivity index (χ1v) is 6.69. The van der Waals surface area contributed by atoms with Gasteiger partial charge in [-0.05, 0) is 32.0 Å². The van der Waals surface area contributed by atoms with E-state index in [0.29, 0.717) is 19.8 Å². The van der Waals surface area contributed by atoms with Crippen molar-refractivity contribution in [2.75, 3.05) is 34.0 Å². The number of ether oxygens (including phenoxy) is 3. The van der Waals surface area contributed by atoms with Crippen molar-refractivity contribution < 1.29 is 14.2 Å². The maximum atomic E-state index is 5.81. The van der Waals surface area contributed by atoms with Crippen LogP contribution in [0.5, 0.6) is 5.75 Å². The summed E-state index contributed by atoms with van der Waals surface area (Å²) in [6.45, 7) is 6.12. The van der Waals surface area contributed by atoms with Gasteiger partial charge in [0.25, 0.3) is 0 Å². The zero-order valence-corrected chi connectivity index (χ0v) is 12.2. The normalized spacial score (nSPS) is 21.2. The second-order valence-electron chi connectivity index (χ2n) is 4.88. The van der Waals surface area contributed by atoms with Crippen molar-refractivity contribution in [3.05, 3.63) is 28.8 Å². The summed E-state index contributed by atoms with van der Waals surface area (Å²) in [5.41, 5.74) is 3.54. The molecule has 2 rings (SSSR count). The Labute approximate surface area is 115 Å². The van der Waals surface area contributed by atoms with Crippen LogP contribution in [0.3, 0.4) is 0 Å². The highest BCUT2D eigenvalue weighted by atomic mass is 16.6. The molecule has 4 nitrogen and oxygen atoms in total. The first-order valence-electron chi connectivity index (χ1n) is 6.69. The van der Waals surface area contributed by atoms with Crippen molar-refractivity contribution in [1.29, 1.82) is 0 Å². The Morgan fingerprint density at radius 3 is 2.68 bits per heavy atom. The Morgan fingerprint density at radius 1 is 1.32 bits per heavy atom. The molecule has 0 aliphatic carbocycles. The monoisotopic (exact) mass is 265 g/mol. The standard InChI is InChI=1S/C15H23NO3/c1-10-5-6-12(15(17-4)11(10)2)14(16-3)13-9-18-7-8-19-13/h5-6,13-14,16H,7-9H2,1-4H3. The van der Waals surface area contributed by atoms with Gasteiger partial charge in [0.05, 0.1) is 33.0 Å². The van der Waals surface area contributed by atoms with E-state index in [1.165, 1.54) is 11.1 Å². The summed E-state index contributed by atoms with van der Waals surface area (Å²) in [4.78, 5) is 0. The molecule has 1 saturated heterocycles. The molecular formula is C15H23NO3. The lowest BCUT2D eigenvalue weighted by atomic mass is 9.95. The minimum absolute atomic E-state index is 0.0229. The first kappa shape index (κ1) is 14.3. The van der Waals surface area contributed by atoms with E-state index in [2.05, 4.69) is 31.3 Å². The Morgan fingerprint density at radius 2 is 2.11 bits per heavy atom. The third-order valence-corrected chi connectivity index (χ3v) is 3.77. The molecule has 1 aliphatic heterocycles. The highest BCUT2D eigenvalue weighted by molar-refractivity contribution is 5.47. The first-order chi connectivity index (χ1) is 9.19. The highest BCUT2D eigenvalue weighted by Crippen LogP contribution is 2.33. The molecule has 0 saturated carbocycles. The van der Waals surface area contributed by atoms with E-state index in [1.54, 1.807) is 7.11 Å². The van der Waals surface area contributed by atoms with Gasteiger partial charge in [0, 0.05) is 5.56 Å². The van der Waals surface area contributed by atoms with Gasteiger partial charge < -0.3 is 19.5 Å². The second kappa shape index (κ2) is 6.37. The minimum Gasteiger partial charge on any atom is -0.496 e. The van der Waals surface area contributed by atoms with E-state index >= 15 is 0 Å². The molecule has 2 atom stereocenters. The molecule has 0 amide bonds.